The van der Waals surface area contributed by atoms with E-state index in [2.05, 4.69) is 0 Å². The van der Waals surface area contributed by atoms with E-state index in [0.717, 1.165) is 11.3 Å². The lowest BCUT2D eigenvalue weighted by molar-refractivity contribution is -0.270. The maximum atomic E-state index is 12.7. The normalized spacial score (nSPS) is 13.9. The first kappa shape index (κ1) is 15.3. The Morgan fingerprint density at radius 2 is 1.84 bits per heavy atom. The predicted molar refractivity (Wildman–Crippen MR) is 53.8 cm³/mol. The molecule has 4 nitrogen and oxygen atoms in total. The van der Waals surface area contributed by atoms with Crippen LogP contribution in [-0.2, 0) is 9.59 Å². The molecule has 10 heteroatoms. The number of carbonyl (C=O) groups is 2. The summed E-state index contributed by atoms with van der Waals surface area (Å²) in [7, 11) is 0. The Bertz CT molecular complexity index is 471. The first-order chi connectivity index (χ1) is 8.57. The van der Waals surface area contributed by atoms with Crippen molar-refractivity contribution >= 4 is 23.2 Å². The number of thiophene rings is 1. The van der Waals surface area contributed by atoms with Crippen molar-refractivity contribution in [1.29, 1.82) is 0 Å². The molecule has 1 rings (SSSR count). The average Bonchev–Trinajstić information content (AvgIpc) is 2.76. The second-order valence-electron chi connectivity index (χ2n) is 3.33. The Balaban J connectivity index is 2.94. The number of carbonyl (C=O) groups excluding carboxylic acids is 1. The van der Waals surface area contributed by atoms with E-state index in [9.17, 15) is 31.5 Å². The molecule has 19 heavy (non-hydrogen) atoms. The van der Waals surface area contributed by atoms with E-state index < -0.39 is 30.0 Å². The molecule has 0 fully saturated rings. The number of carboxylic acids is 1. The molecule has 1 aromatic heterocycles. The third kappa shape index (κ3) is 3.19. The van der Waals surface area contributed by atoms with Crippen LogP contribution in [0.5, 0.6) is 0 Å². The summed E-state index contributed by atoms with van der Waals surface area (Å²) >= 11 is 0.798. The van der Waals surface area contributed by atoms with Gasteiger partial charge in [0.05, 0.1) is 0 Å². The molecule has 0 aliphatic heterocycles. The number of aliphatic carboxylic acids is 1. The second-order valence-corrected chi connectivity index (χ2v) is 4.31. The molecule has 1 unspecified atom stereocenters. The quantitative estimate of drug-likeness (QED) is 0.838. The summed E-state index contributed by atoms with van der Waals surface area (Å²) < 4.78 is 61.1. The van der Waals surface area contributed by atoms with Gasteiger partial charge in [-0.3, -0.25) is 4.79 Å². The zero-order chi connectivity index (χ0) is 14.8. The van der Waals surface area contributed by atoms with Crippen LogP contribution in [0.1, 0.15) is 10.9 Å². The van der Waals surface area contributed by atoms with Gasteiger partial charge in [0.15, 0.2) is 6.04 Å². The van der Waals surface area contributed by atoms with Gasteiger partial charge >= 0.3 is 24.0 Å². The number of halogens is 5. The molecule has 0 aliphatic carbocycles. The highest BCUT2D eigenvalue weighted by Gasteiger charge is 2.63. The van der Waals surface area contributed by atoms with Gasteiger partial charge in [0.1, 0.15) is 0 Å². The largest absolute Gasteiger partial charge is 0.479 e. The number of nitrogens with one attached hydrogen (secondary N) is 1. The molecule has 0 aromatic carbocycles. The van der Waals surface area contributed by atoms with Crippen LogP contribution >= 0.6 is 11.3 Å². The minimum absolute atomic E-state index is 0.0705. The molecular formula is C9H6F5NO3S. The van der Waals surface area contributed by atoms with Crippen molar-refractivity contribution in [3.05, 3.63) is 22.4 Å². The highest BCUT2D eigenvalue weighted by molar-refractivity contribution is 7.10. The average molecular weight is 303 g/mol. The molecule has 2 N–H and O–H groups in total. The van der Waals surface area contributed by atoms with Crippen LogP contribution in [0.25, 0.3) is 0 Å². The Morgan fingerprint density at radius 1 is 1.26 bits per heavy atom. The third-order valence-corrected chi connectivity index (χ3v) is 2.93. The predicted octanol–water partition coefficient (Wildman–Crippen LogP) is 2.19. The maximum absolute atomic E-state index is 12.7. The number of hydrogen-bond acceptors (Lipinski definition) is 3. The number of carboxylic acid groups (broad SMARTS) is 1. The first-order valence-corrected chi connectivity index (χ1v) is 5.47. The lowest BCUT2D eigenvalue weighted by Crippen LogP contribution is -2.52. The minimum atomic E-state index is -6.09. The van der Waals surface area contributed by atoms with Gasteiger partial charge in [-0.05, 0) is 11.4 Å². The summed E-state index contributed by atoms with van der Waals surface area (Å²) in [5.74, 6) is -10.1. The first-order valence-electron chi connectivity index (χ1n) is 4.59. The molecule has 0 radical (unpaired) electrons. The van der Waals surface area contributed by atoms with Crippen LogP contribution in [0.4, 0.5) is 22.0 Å². The van der Waals surface area contributed by atoms with E-state index in [1.165, 1.54) is 22.8 Å². The van der Waals surface area contributed by atoms with E-state index in [-0.39, 0.29) is 4.88 Å². The number of hydrogen-bond donors (Lipinski definition) is 2. The van der Waals surface area contributed by atoms with Crippen molar-refractivity contribution in [2.24, 2.45) is 0 Å². The van der Waals surface area contributed by atoms with Gasteiger partial charge in [-0.25, -0.2) is 4.79 Å². The summed E-state index contributed by atoms with van der Waals surface area (Å²) in [5.41, 5.74) is 0. The molecular weight excluding hydrogens is 297 g/mol. The summed E-state index contributed by atoms with van der Waals surface area (Å²) in [6.45, 7) is 0. The molecule has 0 saturated heterocycles. The Hall–Kier alpha value is -1.71. The van der Waals surface area contributed by atoms with Crippen molar-refractivity contribution < 1.29 is 36.6 Å². The van der Waals surface area contributed by atoms with Gasteiger partial charge in [-0.2, -0.15) is 22.0 Å². The van der Waals surface area contributed by atoms with Gasteiger partial charge in [0.2, 0.25) is 0 Å². The molecule has 106 valence electrons. The third-order valence-electron chi connectivity index (χ3n) is 1.99. The van der Waals surface area contributed by atoms with E-state index in [1.54, 1.807) is 0 Å². The molecule has 0 bridgehead atoms. The zero-order valence-electron chi connectivity index (χ0n) is 8.87. The lowest BCUT2D eigenvalue weighted by Gasteiger charge is -2.21. The monoisotopic (exact) mass is 303 g/mol. The molecule has 1 atom stereocenters. The fourth-order valence-corrected chi connectivity index (χ4v) is 1.83. The summed E-state index contributed by atoms with van der Waals surface area (Å²) in [4.78, 5) is 21.6. The van der Waals surface area contributed by atoms with Crippen molar-refractivity contribution in [3.8, 4) is 0 Å². The lowest BCUT2D eigenvalue weighted by atomic mass is 10.2. The molecule has 1 heterocycles. The summed E-state index contributed by atoms with van der Waals surface area (Å²) in [5, 5.41) is 11.3. The van der Waals surface area contributed by atoms with Gasteiger partial charge in [-0.1, -0.05) is 6.07 Å². The van der Waals surface area contributed by atoms with Crippen molar-refractivity contribution in [2.75, 3.05) is 0 Å². The van der Waals surface area contributed by atoms with E-state index in [0.29, 0.717) is 0 Å². The smallest absolute Gasteiger partial charge is 0.463 e. The van der Waals surface area contributed by atoms with Crippen LogP contribution in [0.3, 0.4) is 0 Å². The van der Waals surface area contributed by atoms with Gasteiger partial charge in [-0.15, -0.1) is 11.3 Å². The number of alkyl halides is 5. The van der Waals surface area contributed by atoms with Crippen molar-refractivity contribution in [2.45, 2.75) is 18.1 Å². The van der Waals surface area contributed by atoms with Gasteiger partial charge in [0, 0.05) is 4.88 Å². The van der Waals surface area contributed by atoms with E-state index >= 15 is 0 Å². The van der Waals surface area contributed by atoms with Crippen LogP contribution < -0.4 is 5.32 Å². The van der Waals surface area contributed by atoms with Gasteiger partial charge < -0.3 is 10.4 Å². The van der Waals surface area contributed by atoms with Crippen LogP contribution in [0, 0.1) is 0 Å². The fraction of sp³-hybridized carbons (Fsp3) is 0.333. The Kier molecular flexibility index (Phi) is 4.13. The number of amides is 1. The van der Waals surface area contributed by atoms with Gasteiger partial charge in [0.25, 0.3) is 0 Å². The molecule has 0 spiro atoms. The Morgan fingerprint density at radius 3 is 2.21 bits per heavy atom. The fourth-order valence-electron chi connectivity index (χ4n) is 1.06. The second kappa shape index (κ2) is 5.11. The van der Waals surface area contributed by atoms with Crippen molar-refractivity contribution in [3.63, 3.8) is 0 Å². The SMILES string of the molecule is O=C(O)C(NC(=O)C(F)(F)C(F)(F)F)c1cccs1. The zero-order valence-corrected chi connectivity index (χ0v) is 9.69. The standard InChI is InChI=1S/C9H6F5NO3S/c10-8(11,9(12,13)14)7(18)15-5(6(16)17)4-2-1-3-19-4/h1-3,5H,(H,15,18)(H,16,17). The molecule has 1 aromatic rings. The highest BCUT2D eigenvalue weighted by Crippen LogP contribution is 2.36. The van der Waals surface area contributed by atoms with Crippen LogP contribution in [0.15, 0.2) is 17.5 Å². The van der Waals surface area contributed by atoms with Crippen LogP contribution in [-0.4, -0.2) is 29.1 Å². The Labute approximate surface area is 106 Å². The number of rotatable bonds is 4. The molecule has 0 aliphatic rings. The topological polar surface area (TPSA) is 66.4 Å². The maximum Gasteiger partial charge on any atom is 0.463 e. The highest BCUT2D eigenvalue weighted by atomic mass is 32.1. The van der Waals surface area contributed by atoms with E-state index in [1.807, 2.05) is 0 Å². The summed E-state index contributed by atoms with van der Waals surface area (Å²) in [6.07, 6.45) is -6.09. The molecule has 1 amide bonds. The van der Waals surface area contributed by atoms with Crippen molar-refractivity contribution in [1.82, 2.24) is 5.32 Å². The van der Waals surface area contributed by atoms with E-state index in [4.69, 9.17) is 5.11 Å². The van der Waals surface area contributed by atoms with Crippen LogP contribution in [0.2, 0.25) is 0 Å². The summed E-state index contributed by atoms with van der Waals surface area (Å²) in [6, 6.07) is 0.597. The minimum Gasteiger partial charge on any atom is -0.479 e. The molecule has 0 saturated carbocycles.